The molecule has 110 valence electrons. The van der Waals surface area contributed by atoms with Gasteiger partial charge in [-0.1, -0.05) is 33.1 Å². The molecule has 0 radical (unpaired) electrons. The second-order valence-corrected chi connectivity index (χ2v) is 6.83. The number of alkyl halides is 1. The molecule has 0 bridgehead atoms. The first-order chi connectivity index (χ1) is 9.69. The van der Waals surface area contributed by atoms with Gasteiger partial charge in [0.25, 0.3) is 0 Å². The van der Waals surface area contributed by atoms with Crippen LogP contribution in [0.4, 0.5) is 0 Å². The number of hydrogen-bond donors (Lipinski definition) is 0. The summed E-state index contributed by atoms with van der Waals surface area (Å²) in [6, 6.07) is 6.45. The van der Waals surface area contributed by atoms with Crippen molar-refractivity contribution in [3.05, 3.63) is 27.6 Å². The minimum absolute atomic E-state index is 0.482. The zero-order valence-electron chi connectivity index (χ0n) is 12.2. The molecular formula is C16H22ClIN2. The molecule has 0 N–H and O–H groups in total. The van der Waals surface area contributed by atoms with Crippen molar-refractivity contribution in [3.8, 4) is 0 Å². The molecule has 2 aromatic rings. The van der Waals surface area contributed by atoms with Gasteiger partial charge in [-0.25, -0.2) is 4.98 Å². The van der Waals surface area contributed by atoms with Crippen LogP contribution in [-0.4, -0.2) is 9.55 Å². The molecular weight excluding hydrogens is 383 g/mol. The quantitative estimate of drug-likeness (QED) is 0.434. The lowest BCUT2D eigenvalue weighted by Crippen LogP contribution is -2.12. The Morgan fingerprint density at radius 2 is 2.15 bits per heavy atom. The molecule has 0 aliphatic carbocycles. The summed E-state index contributed by atoms with van der Waals surface area (Å²) < 4.78 is 3.54. The molecule has 0 aliphatic rings. The smallest absolute Gasteiger partial charge is 0.124 e. The van der Waals surface area contributed by atoms with Gasteiger partial charge in [-0.3, -0.25) is 0 Å². The van der Waals surface area contributed by atoms with Crippen molar-refractivity contribution < 1.29 is 0 Å². The summed E-state index contributed by atoms with van der Waals surface area (Å²) in [5.41, 5.74) is 2.29. The molecule has 4 heteroatoms. The maximum Gasteiger partial charge on any atom is 0.124 e. The van der Waals surface area contributed by atoms with Crippen LogP contribution in [0, 0.1) is 9.49 Å². The number of rotatable bonds is 7. The van der Waals surface area contributed by atoms with Crippen molar-refractivity contribution in [1.29, 1.82) is 0 Å². The zero-order valence-corrected chi connectivity index (χ0v) is 15.1. The van der Waals surface area contributed by atoms with E-state index in [1.54, 1.807) is 0 Å². The molecule has 1 unspecified atom stereocenters. The average molecular weight is 405 g/mol. The van der Waals surface area contributed by atoms with Crippen molar-refractivity contribution in [1.82, 2.24) is 9.55 Å². The summed E-state index contributed by atoms with van der Waals surface area (Å²) >= 11 is 8.42. The van der Waals surface area contributed by atoms with Gasteiger partial charge in [-0.15, -0.1) is 11.6 Å². The number of halogens is 2. The van der Waals surface area contributed by atoms with E-state index in [-0.39, 0.29) is 0 Å². The van der Waals surface area contributed by atoms with Crippen molar-refractivity contribution in [3.63, 3.8) is 0 Å². The largest absolute Gasteiger partial charge is 0.327 e. The third-order valence-corrected chi connectivity index (χ3v) is 4.80. The summed E-state index contributed by atoms with van der Waals surface area (Å²) in [6.07, 6.45) is 5.07. The maximum atomic E-state index is 6.09. The topological polar surface area (TPSA) is 17.8 Å². The molecule has 0 fully saturated rings. The fourth-order valence-electron chi connectivity index (χ4n) is 2.63. The Labute approximate surface area is 140 Å². The van der Waals surface area contributed by atoms with Gasteiger partial charge in [-0.2, -0.15) is 0 Å². The van der Waals surface area contributed by atoms with E-state index in [4.69, 9.17) is 11.6 Å². The molecule has 0 spiro atoms. The SMILES string of the molecule is CCCCC(CC)Cn1c(CCl)nc2cc(I)ccc21. The van der Waals surface area contributed by atoms with E-state index in [2.05, 4.69) is 64.2 Å². The lowest BCUT2D eigenvalue weighted by molar-refractivity contribution is 0.391. The minimum atomic E-state index is 0.482. The standard InChI is InChI=1S/C16H22ClIN2/c1-3-5-6-12(4-2)11-20-15-8-7-13(18)9-14(15)19-16(20)10-17/h7-9,12H,3-6,10-11H2,1-2H3. The van der Waals surface area contributed by atoms with Crippen LogP contribution in [0.5, 0.6) is 0 Å². The average Bonchev–Trinajstić information content (AvgIpc) is 2.80. The molecule has 2 rings (SSSR count). The van der Waals surface area contributed by atoms with Crippen LogP contribution >= 0.6 is 34.2 Å². The van der Waals surface area contributed by atoms with Gasteiger partial charge in [0, 0.05) is 10.1 Å². The predicted octanol–water partition coefficient (Wildman–Crippen LogP) is 5.60. The Hall–Kier alpha value is -0.290. The van der Waals surface area contributed by atoms with Crippen LogP contribution in [0.25, 0.3) is 11.0 Å². The van der Waals surface area contributed by atoms with E-state index < -0.39 is 0 Å². The highest BCUT2D eigenvalue weighted by Crippen LogP contribution is 2.24. The van der Waals surface area contributed by atoms with Gasteiger partial charge in [0.05, 0.1) is 16.9 Å². The van der Waals surface area contributed by atoms with Crippen molar-refractivity contribution >= 4 is 45.2 Å². The zero-order chi connectivity index (χ0) is 14.5. The van der Waals surface area contributed by atoms with Crippen molar-refractivity contribution in [2.75, 3.05) is 0 Å². The Morgan fingerprint density at radius 3 is 2.80 bits per heavy atom. The summed E-state index contributed by atoms with van der Waals surface area (Å²) in [7, 11) is 0. The van der Waals surface area contributed by atoms with Crippen molar-refractivity contribution in [2.24, 2.45) is 5.92 Å². The third kappa shape index (κ3) is 3.67. The van der Waals surface area contributed by atoms with Crippen LogP contribution in [0.15, 0.2) is 18.2 Å². The fraction of sp³-hybridized carbons (Fsp3) is 0.562. The maximum absolute atomic E-state index is 6.09. The summed E-state index contributed by atoms with van der Waals surface area (Å²) in [6.45, 7) is 5.57. The number of aromatic nitrogens is 2. The van der Waals surface area contributed by atoms with Gasteiger partial charge in [0.1, 0.15) is 5.82 Å². The number of unbranched alkanes of at least 4 members (excludes halogenated alkanes) is 1. The van der Waals surface area contributed by atoms with Crippen molar-refractivity contribution in [2.45, 2.75) is 52.0 Å². The number of fused-ring (bicyclic) bond motifs is 1. The van der Waals surface area contributed by atoms with Gasteiger partial charge in [-0.05, 0) is 53.1 Å². The summed E-state index contributed by atoms with van der Waals surface area (Å²) in [4.78, 5) is 4.69. The third-order valence-electron chi connectivity index (χ3n) is 3.89. The molecule has 1 heterocycles. The molecule has 0 saturated carbocycles. The lowest BCUT2D eigenvalue weighted by Gasteiger charge is -2.17. The highest BCUT2D eigenvalue weighted by Gasteiger charge is 2.14. The Balaban J connectivity index is 2.31. The molecule has 0 aliphatic heterocycles. The van der Waals surface area contributed by atoms with Gasteiger partial charge >= 0.3 is 0 Å². The summed E-state index contributed by atoms with van der Waals surface area (Å²) in [5.74, 6) is 2.20. The Kier molecular flexibility index (Phi) is 6.15. The molecule has 20 heavy (non-hydrogen) atoms. The Morgan fingerprint density at radius 1 is 1.35 bits per heavy atom. The van der Waals surface area contributed by atoms with Gasteiger partial charge in [0.2, 0.25) is 0 Å². The van der Waals surface area contributed by atoms with E-state index in [9.17, 15) is 0 Å². The lowest BCUT2D eigenvalue weighted by atomic mass is 9.99. The highest BCUT2D eigenvalue weighted by molar-refractivity contribution is 14.1. The second-order valence-electron chi connectivity index (χ2n) is 5.32. The number of imidazole rings is 1. The molecule has 0 saturated heterocycles. The highest BCUT2D eigenvalue weighted by atomic mass is 127. The molecule has 1 aromatic carbocycles. The van der Waals surface area contributed by atoms with Gasteiger partial charge < -0.3 is 4.57 Å². The predicted molar refractivity (Wildman–Crippen MR) is 95.3 cm³/mol. The van der Waals surface area contributed by atoms with Crippen LogP contribution in [-0.2, 0) is 12.4 Å². The number of hydrogen-bond acceptors (Lipinski definition) is 1. The monoisotopic (exact) mass is 404 g/mol. The van der Waals surface area contributed by atoms with Crippen LogP contribution in [0.2, 0.25) is 0 Å². The molecule has 2 nitrogen and oxygen atoms in total. The van der Waals surface area contributed by atoms with Gasteiger partial charge in [0.15, 0.2) is 0 Å². The first-order valence-electron chi connectivity index (χ1n) is 7.40. The van der Waals surface area contributed by atoms with E-state index in [0.29, 0.717) is 11.8 Å². The summed E-state index contributed by atoms with van der Waals surface area (Å²) in [5, 5.41) is 0. The van der Waals surface area contributed by atoms with Crippen LogP contribution in [0.3, 0.4) is 0 Å². The fourth-order valence-corrected chi connectivity index (χ4v) is 3.31. The molecule has 0 amide bonds. The van der Waals surface area contributed by atoms with Crippen LogP contribution in [0.1, 0.15) is 45.4 Å². The number of benzene rings is 1. The number of nitrogens with zero attached hydrogens (tertiary/aromatic N) is 2. The molecule has 1 aromatic heterocycles. The van der Waals surface area contributed by atoms with Crippen LogP contribution < -0.4 is 0 Å². The minimum Gasteiger partial charge on any atom is -0.327 e. The molecule has 1 atom stereocenters. The van der Waals surface area contributed by atoms with E-state index in [1.807, 2.05) is 0 Å². The van der Waals surface area contributed by atoms with E-state index in [0.717, 1.165) is 17.9 Å². The first kappa shape index (κ1) is 16.1. The Bertz CT molecular complexity index is 565. The second kappa shape index (κ2) is 7.64. The first-order valence-corrected chi connectivity index (χ1v) is 9.01. The normalized spacial score (nSPS) is 13.0. The van der Waals surface area contributed by atoms with E-state index >= 15 is 0 Å². The van der Waals surface area contributed by atoms with E-state index in [1.165, 1.54) is 34.8 Å².